The number of nitrogens with two attached hydrogens (primary N) is 1. The summed E-state index contributed by atoms with van der Waals surface area (Å²) in [5, 5.41) is 1.10. The molecule has 2 unspecified atom stereocenters. The van der Waals surface area contributed by atoms with E-state index in [1.54, 1.807) is 11.3 Å². The average Bonchev–Trinajstić information content (AvgIpc) is 2.75. The molecule has 2 N–H and O–H groups in total. The minimum Gasteiger partial charge on any atom is -0.338 e. The van der Waals surface area contributed by atoms with E-state index in [0.29, 0.717) is 6.54 Å². The maximum atomic E-state index is 12.2. The molecule has 2 atom stereocenters. The zero-order chi connectivity index (χ0) is 13.3. The van der Waals surface area contributed by atoms with Crippen molar-refractivity contribution in [2.24, 2.45) is 11.7 Å². The molecule has 116 valence electrons. The highest BCUT2D eigenvalue weighted by molar-refractivity contribution is 7.11. The van der Waals surface area contributed by atoms with E-state index < -0.39 is 0 Å². The van der Waals surface area contributed by atoms with Gasteiger partial charge < -0.3 is 10.6 Å². The number of nitrogens with zero attached hydrogens (tertiary/aromatic N) is 2. The lowest BCUT2D eigenvalue weighted by molar-refractivity contribution is -0.135. The summed E-state index contributed by atoms with van der Waals surface area (Å²) in [7, 11) is 1.89. The highest BCUT2D eigenvalue weighted by atomic mass is 35.5. The number of aromatic nitrogens is 1. The lowest BCUT2D eigenvalue weighted by atomic mass is 9.96. The molecule has 7 heteroatoms. The first-order valence-electron chi connectivity index (χ1n) is 6.47. The molecule has 0 radical (unpaired) electrons. The molecule has 1 aliphatic rings. The number of halogens is 2. The highest BCUT2D eigenvalue weighted by Crippen LogP contribution is 2.37. The van der Waals surface area contributed by atoms with Crippen LogP contribution in [0.15, 0.2) is 0 Å². The number of rotatable bonds is 3. The van der Waals surface area contributed by atoms with Gasteiger partial charge in [0.05, 0.1) is 21.6 Å². The van der Waals surface area contributed by atoms with Gasteiger partial charge >= 0.3 is 0 Å². The standard InChI is InChI=1S/C13H21N3OS.2ClH/c1-8(7-14)13(17)16(3)11-6-4-5-10-12(11)18-9(2)15-10;;/h8,11H,4-7,14H2,1-3H3;2*1H. The molecule has 0 fully saturated rings. The molecule has 4 nitrogen and oxygen atoms in total. The van der Waals surface area contributed by atoms with Crippen molar-refractivity contribution in [3.05, 3.63) is 15.6 Å². The minimum atomic E-state index is -0.102. The Labute approximate surface area is 137 Å². The Morgan fingerprint density at radius 3 is 2.80 bits per heavy atom. The van der Waals surface area contributed by atoms with E-state index in [9.17, 15) is 4.79 Å². The van der Waals surface area contributed by atoms with Gasteiger partial charge in [-0.05, 0) is 26.2 Å². The molecule has 1 aromatic rings. The van der Waals surface area contributed by atoms with Gasteiger partial charge in [-0.25, -0.2) is 4.98 Å². The molecule has 0 saturated carbocycles. The topological polar surface area (TPSA) is 59.2 Å². The second-order valence-corrected chi connectivity index (χ2v) is 6.27. The normalized spacial score (nSPS) is 18.3. The van der Waals surface area contributed by atoms with E-state index in [2.05, 4.69) is 4.98 Å². The van der Waals surface area contributed by atoms with Crippen LogP contribution in [0.25, 0.3) is 0 Å². The van der Waals surface area contributed by atoms with E-state index >= 15 is 0 Å². The van der Waals surface area contributed by atoms with Gasteiger partial charge in [0.1, 0.15) is 0 Å². The molecule has 1 aliphatic carbocycles. The van der Waals surface area contributed by atoms with Crippen LogP contribution in [-0.4, -0.2) is 29.4 Å². The summed E-state index contributed by atoms with van der Waals surface area (Å²) >= 11 is 1.73. The van der Waals surface area contributed by atoms with Crippen LogP contribution in [0.1, 0.15) is 41.4 Å². The predicted octanol–water partition coefficient (Wildman–Crippen LogP) is 2.73. The van der Waals surface area contributed by atoms with Crippen LogP contribution in [0.5, 0.6) is 0 Å². The van der Waals surface area contributed by atoms with E-state index in [1.165, 1.54) is 10.6 Å². The molecule has 1 heterocycles. The second-order valence-electron chi connectivity index (χ2n) is 5.04. The van der Waals surface area contributed by atoms with Crippen LogP contribution in [-0.2, 0) is 11.2 Å². The summed E-state index contributed by atoms with van der Waals surface area (Å²) in [6.07, 6.45) is 3.19. The van der Waals surface area contributed by atoms with Crippen LogP contribution in [0.3, 0.4) is 0 Å². The van der Waals surface area contributed by atoms with Crippen molar-refractivity contribution in [1.82, 2.24) is 9.88 Å². The molecule has 0 aromatic carbocycles. The molecule has 0 aliphatic heterocycles. The predicted molar refractivity (Wildman–Crippen MR) is 88.0 cm³/mol. The van der Waals surface area contributed by atoms with Gasteiger partial charge in [-0.1, -0.05) is 6.92 Å². The Balaban J connectivity index is 0.00000180. The van der Waals surface area contributed by atoms with Crippen molar-refractivity contribution in [3.63, 3.8) is 0 Å². The summed E-state index contributed by atoms with van der Waals surface area (Å²) < 4.78 is 0. The van der Waals surface area contributed by atoms with Crippen molar-refractivity contribution in [1.29, 1.82) is 0 Å². The lowest BCUT2D eigenvalue weighted by Crippen LogP contribution is -2.38. The maximum absolute atomic E-state index is 12.2. The minimum absolute atomic E-state index is 0. The fourth-order valence-corrected chi connectivity index (χ4v) is 3.64. The number of fused-ring (bicyclic) bond motifs is 1. The van der Waals surface area contributed by atoms with E-state index in [4.69, 9.17) is 5.73 Å². The Morgan fingerprint density at radius 2 is 2.20 bits per heavy atom. The highest BCUT2D eigenvalue weighted by Gasteiger charge is 2.30. The van der Waals surface area contributed by atoms with Crippen LogP contribution in [0.4, 0.5) is 0 Å². The SMILES string of the molecule is Cc1nc2c(s1)C(N(C)C(=O)C(C)CN)CCC2.Cl.Cl. The van der Waals surface area contributed by atoms with Crippen LogP contribution in [0, 0.1) is 12.8 Å². The smallest absolute Gasteiger partial charge is 0.226 e. The largest absolute Gasteiger partial charge is 0.338 e. The van der Waals surface area contributed by atoms with Crippen LogP contribution in [0.2, 0.25) is 0 Å². The number of hydrogen-bond acceptors (Lipinski definition) is 4. The van der Waals surface area contributed by atoms with Gasteiger partial charge in [0.25, 0.3) is 0 Å². The van der Waals surface area contributed by atoms with Crippen LogP contribution < -0.4 is 5.73 Å². The van der Waals surface area contributed by atoms with Crippen molar-refractivity contribution < 1.29 is 4.79 Å². The second kappa shape index (κ2) is 8.17. The molecule has 0 spiro atoms. The van der Waals surface area contributed by atoms with Crippen molar-refractivity contribution in [2.45, 2.75) is 39.2 Å². The van der Waals surface area contributed by atoms with E-state index in [-0.39, 0.29) is 42.7 Å². The first kappa shape index (κ1) is 19.6. The zero-order valence-corrected chi connectivity index (χ0v) is 14.5. The molecular formula is C13H23Cl2N3OS. The van der Waals surface area contributed by atoms with Crippen molar-refractivity contribution >= 4 is 42.1 Å². The Morgan fingerprint density at radius 1 is 1.55 bits per heavy atom. The van der Waals surface area contributed by atoms with Gasteiger partial charge in [-0.2, -0.15) is 0 Å². The Kier molecular flexibility index (Phi) is 8.03. The average molecular weight is 340 g/mol. The summed E-state index contributed by atoms with van der Waals surface area (Å²) in [5.74, 6) is 0.0378. The van der Waals surface area contributed by atoms with E-state index in [1.807, 2.05) is 25.8 Å². The van der Waals surface area contributed by atoms with Crippen molar-refractivity contribution in [2.75, 3.05) is 13.6 Å². The Bertz CT molecular complexity index is 453. The number of amides is 1. The fourth-order valence-electron chi connectivity index (χ4n) is 2.49. The molecule has 0 bridgehead atoms. The van der Waals surface area contributed by atoms with Crippen molar-refractivity contribution in [3.8, 4) is 0 Å². The third kappa shape index (κ3) is 3.85. The quantitative estimate of drug-likeness (QED) is 0.920. The van der Waals surface area contributed by atoms with Gasteiger partial charge in [0.2, 0.25) is 5.91 Å². The van der Waals surface area contributed by atoms with Gasteiger partial charge in [-0.3, -0.25) is 4.79 Å². The summed E-state index contributed by atoms with van der Waals surface area (Å²) in [4.78, 5) is 19.9. The summed E-state index contributed by atoms with van der Waals surface area (Å²) in [5.41, 5.74) is 6.77. The molecular weight excluding hydrogens is 317 g/mol. The number of carbonyl (C=O) groups is 1. The van der Waals surface area contributed by atoms with Gasteiger partial charge in [0.15, 0.2) is 0 Å². The fraction of sp³-hybridized carbons (Fsp3) is 0.692. The molecule has 1 aromatic heterocycles. The maximum Gasteiger partial charge on any atom is 0.226 e. The molecule has 20 heavy (non-hydrogen) atoms. The number of aryl methyl sites for hydroxylation is 2. The first-order chi connectivity index (χ1) is 8.54. The summed E-state index contributed by atoms with van der Waals surface area (Å²) in [6, 6.07) is 0.196. The zero-order valence-electron chi connectivity index (χ0n) is 12.1. The Hall–Kier alpha value is -0.360. The third-order valence-corrected chi connectivity index (χ3v) is 4.73. The first-order valence-corrected chi connectivity index (χ1v) is 7.29. The number of hydrogen-bond donors (Lipinski definition) is 1. The van der Waals surface area contributed by atoms with Gasteiger partial charge in [0, 0.05) is 19.5 Å². The molecule has 1 amide bonds. The summed E-state index contributed by atoms with van der Waals surface area (Å²) in [6.45, 7) is 4.33. The van der Waals surface area contributed by atoms with E-state index in [0.717, 1.165) is 24.3 Å². The molecule has 0 saturated heterocycles. The lowest BCUT2D eigenvalue weighted by Gasteiger charge is -2.32. The monoisotopic (exact) mass is 339 g/mol. The van der Waals surface area contributed by atoms with Gasteiger partial charge in [-0.15, -0.1) is 36.2 Å². The molecule has 2 rings (SSSR count). The number of carbonyl (C=O) groups excluding carboxylic acids is 1. The number of thiazole rings is 1. The van der Waals surface area contributed by atoms with Crippen LogP contribution >= 0.6 is 36.2 Å². The third-order valence-electron chi connectivity index (χ3n) is 3.62.